The molecule has 4 nitrogen and oxygen atoms in total. The molecule has 0 aliphatic carbocycles. The summed E-state index contributed by atoms with van der Waals surface area (Å²) in [6.45, 7) is 1.42. The Morgan fingerprint density at radius 1 is 1.44 bits per heavy atom. The van der Waals surface area contributed by atoms with Gasteiger partial charge in [-0.25, -0.2) is 18.6 Å². The molecule has 0 radical (unpaired) electrons. The molecule has 1 aromatic heterocycles. The second-order valence-corrected chi connectivity index (χ2v) is 3.01. The van der Waals surface area contributed by atoms with Crippen LogP contribution in [0.15, 0.2) is 6.20 Å². The minimum absolute atomic E-state index is 0.0722. The van der Waals surface area contributed by atoms with E-state index in [-0.39, 0.29) is 17.0 Å². The van der Waals surface area contributed by atoms with Crippen molar-refractivity contribution in [2.75, 3.05) is 14.2 Å². The number of pyridine rings is 1. The maximum atomic E-state index is 12.8. The number of ether oxygens (including phenoxy) is 2. The van der Waals surface area contributed by atoms with Crippen molar-refractivity contribution in [3.05, 3.63) is 22.9 Å². The van der Waals surface area contributed by atoms with Crippen LogP contribution >= 0.6 is 0 Å². The Morgan fingerprint density at radius 2 is 2.06 bits per heavy atom. The highest BCUT2D eigenvalue weighted by Crippen LogP contribution is 2.30. The fraction of sp³-hybridized carbons (Fsp3) is 0.400. The number of nitrogens with zero attached hydrogens (tertiary/aromatic N) is 1. The van der Waals surface area contributed by atoms with Gasteiger partial charge in [-0.3, -0.25) is 0 Å². The van der Waals surface area contributed by atoms with Crippen LogP contribution in [0.3, 0.4) is 0 Å². The van der Waals surface area contributed by atoms with Crippen LogP contribution < -0.4 is 4.74 Å². The first-order valence-electron chi connectivity index (χ1n) is 4.42. The van der Waals surface area contributed by atoms with E-state index in [4.69, 9.17) is 4.74 Å². The van der Waals surface area contributed by atoms with Crippen LogP contribution in [0.4, 0.5) is 8.78 Å². The number of alkyl halides is 2. The fourth-order valence-corrected chi connectivity index (χ4v) is 1.37. The van der Waals surface area contributed by atoms with Crippen LogP contribution in [0.25, 0.3) is 0 Å². The zero-order valence-electron chi connectivity index (χ0n) is 9.08. The average Bonchev–Trinajstić information content (AvgIpc) is 2.26. The van der Waals surface area contributed by atoms with E-state index in [0.29, 0.717) is 0 Å². The number of rotatable bonds is 3. The van der Waals surface area contributed by atoms with Crippen LogP contribution in [0.1, 0.15) is 27.9 Å². The highest BCUT2D eigenvalue weighted by atomic mass is 19.3. The van der Waals surface area contributed by atoms with Crippen LogP contribution in [-0.2, 0) is 4.74 Å². The van der Waals surface area contributed by atoms with Gasteiger partial charge in [-0.1, -0.05) is 0 Å². The van der Waals surface area contributed by atoms with Crippen molar-refractivity contribution < 1.29 is 23.0 Å². The second kappa shape index (κ2) is 4.87. The molecule has 1 rings (SSSR count). The lowest BCUT2D eigenvalue weighted by molar-refractivity contribution is 0.0588. The van der Waals surface area contributed by atoms with E-state index in [2.05, 4.69) is 9.72 Å². The molecule has 0 amide bonds. The Bertz CT molecular complexity index is 407. The van der Waals surface area contributed by atoms with Crippen LogP contribution in [0, 0.1) is 6.92 Å². The number of aromatic nitrogens is 1. The second-order valence-electron chi connectivity index (χ2n) is 3.01. The Balaban J connectivity index is 3.40. The molecule has 0 bridgehead atoms. The van der Waals surface area contributed by atoms with E-state index in [9.17, 15) is 13.6 Å². The first kappa shape index (κ1) is 12.4. The largest absolute Gasteiger partial charge is 0.481 e. The van der Waals surface area contributed by atoms with Gasteiger partial charge in [0, 0.05) is 17.3 Å². The van der Waals surface area contributed by atoms with Gasteiger partial charge in [-0.2, -0.15) is 0 Å². The zero-order valence-corrected chi connectivity index (χ0v) is 9.08. The third-order valence-corrected chi connectivity index (χ3v) is 2.14. The summed E-state index contributed by atoms with van der Waals surface area (Å²) in [6, 6.07) is 0. The van der Waals surface area contributed by atoms with Crippen molar-refractivity contribution in [2.24, 2.45) is 0 Å². The molecule has 0 N–H and O–H groups in total. The van der Waals surface area contributed by atoms with Gasteiger partial charge < -0.3 is 9.47 Å². The van der Waals surface area contributed by atoms with Gasteiger partial charge in [0.1, 0.15) is 0 Å². The molecular weight excluding hydrogens is 220 g/mol. The maximum Gasteiger partial charge on any atom is 0.339 e. The monoisotopic (exact) mass is 231 g/mol. The molecular formula is C10H11F2NO3. The minimum Gasteiger partial charge on any atom is -0.481 e. The molecule has 0 aliphatic heterocycles. The van der Waals surface area contributed by atoms with Crippen molar-refractivity contribution in [1.29, 1.82) is 0 Å². The van der Waals surface area contributed by atoms with Crippen LogP contribution in [0.2, 0.25) is 0 Å². The van der Waals surface area contributed by atoms with E-state index in [0.717, 1.165) is 13.3 Å². The number of methoxy groups -OCH3 is 2. The van der Waals surface area contributed by atoms with Gasteiger partial charge >= 0.3 is 5.97 Å². The summed E-state index contributed by atoms with van der Waals surface area (Å²) in [4.78, 5) is 15.0. The smallest absolute Gasteiger partial charge is 0.339 e. The molecule has 6 heteroatoms. The fourth-order valence-electron chi connectivity index (χ4n) is 1.37. The molecule has 16 heavy (non-hydrogen) atoms. The predicted molar refractivity (Wildman–Crippen MR) is 51.8 cm³/mol. The van der Waals surface area contributed by atoms with E-state index < -0.39 is 18.0 Å². The van der Waals surface area contributed by atoms with Crippen LogP contribution in [0.5, 0.6) is 5.88 Å². The highest BCUT2D eigenvalue weighted by molar-refractivity contribution is 5.91. The van der Waals surface area contributed by atoms with E-state index >= 15 is 0 Å². The summed E-state index contributed by atoms with van der Waals surface area (Å²) in [7, 11) is 2.44. The Labute approximate surface area is 91.2 Å². The van der Waals surface area contributed by atoms with Crippen molar-refractivity contribution in [2.45, 2.75) is 13.3 Å². The lowest BCUT2D eigenvalue weighted by Gasteiger charge is -2.12. The maximum absolute atomic E-state index is 12.8. The first-order valence-corrected chi connectivity index (χ1v) is 4.42. The molecule has 0 saturated heterocycles. The highest BCUT2D eigenvalue weighted by Gasteiger charge is 2.24. The Morgan fingerprint density at radius 3 is 2.50 bits per heavy atom. The Kier molecular flexibility index (Phi) is 3.76. The van der Waals surface area contributed by atoms with Crippen molar-refractivity contribution in [3.63, 3.8) is 0 Å². The molecule has 1 heterocycles. The molecule has 1 aromatic rings. The summed E-state index contributed by atoms with van der Waals surface area (Å²) >= 11 is 0. The van der Waals surface area contributed by atoms with Gasteiger partial charge in [-0.05, 0) is 6.92 Å². The molecule has 0 aliphatic rings. The first-order chi connectivity index (χ1) is 7.52. The van der Waals surface area contributed by atoms with E-state index in [1.54, 1.807) is 0 Å². The Hall–Kier alpha value is -1.72. The summed E-state index contributed by atoms with van der Waals surface area (Å²) in [6.07, 6.45) is -1.76. The van der Waals surface area contributed by atoms with Gasteiger partial charge in [0.15, 0.2) is 0 Å². The third-order valence-electron chi connectivity index (χ3n) is 2.14. The topological polar surface area (TPSA) is 48.4 Å². The quantitative estimate of drug-likeness (QED) is 0.747. The molecule has 0 spiro atoms. The van der Waals surface area contributed by atoms with Gasteiger partial charge in [-0.15, -0.1) is 0 Å². The molecule has 0 fully saturated rings. The van der Waals surface area contributed by atoms with Crippen molar-refractivity contribution in [3.8, 4) is 5.88 Å². The normalized spacial score (nSPS) is 10.4. The molecule has 88 valence electrons. The number of carbonyl (C=O) groups is 1. The standard InChI is InChI=1S/C10H11F2NO3/c1-5-7(8(11)12)6(10(14)16-3)4-13-9(5)15-2/h4,8H,1-3H3. The van der Waals surface area contributed by atoms with Crippen molar-refractivity contribution in [1.82, 2.24) is 4.98 Å². The van der Waals surface area contributed by atoms with Gasteiger partial charge in [0.25, 0.3) is 6.43 Å². The summed E-state index contributed by atoms with van der Waals surface area (Å²) in [5, 5.41) is 0. The number of carbonyl (C=O) groups excluding carboxylic acids is 1. The van der Waals surface area contributed by atoms with Gasteiger partial charge in [0.05, 0.1) is 19.8 Å². The van der Waals surface area contributed by atoms with E-state index in [1.807, 2.05) is 0 Å². The third kappa shape index (κ3) is 2.10. The van der Waals surface area contributed by atoms with Gasteiger partial charge in [0.2, 0.25) is 5.88 Å². The number of esters is 1. The lowest BCUT2D eigenvalue weighted by Crippen LogP contribution is -2.10. The van der Waals surface area contributed by atoms with Crippen molar-refractivity contribution >= 4 is 5.97 Å². The number of hydrogen-bond acceptors (Lipinski definition) is 4. The molecule has 0 saturated carbocycles. The SMILES string of the molecule is COC(=O)c1cnc(OC)c(C)c1C(F)F. The summed E-state index contributed by atoms with van der Waals surface area (Å²) in [5.74, 6) is -0.767. The lowest BCUT2D eigenvalue weighted by atomic mass is 10.1. The molecule has 0 atom stereocenters. The number of hydrogen-bond donors (Lipinski definition) is 0. The van der Waals surface area contributed by atoms with Crippen LogP contribution in [-0.4, -0.2) is 25.2 Å². The molecule has 0 unspecified atom stereocenters. The zero-order chi connectivity index (χ0) is 12.3. The molecule has 0 aromatic carbocycles. The summed E-state index contributed by atoms with van der Waals surface area (Å²) in [5.41, 5.74) is -0.505. The minimum atomic E-state index is -2.79. The average molecular weight is 231 g/mol. The predicted octanol–water partition coefficient (Wildman–Crippen LogP) is 2.12. The summed E-state index contributed by atoms with van der Waals surface area (Å²) < 4.78 is 34.8. The number of halogens is 2. The van der Waals surface area contributed by atoms with E-state index in [1.165, 1.54) is 14.0 Å².